The van der Waals surface area contributed by atoms with Crippen molar-refractivity contribution in [2.75, 3.05) is 27.9 Å². The summed E-state index contributed by atoms with van der Waals surface area (Å²) in [6.45, 7) is 0.114. The number of hydrogen-bond donors (Lipinski definition) is 1. The molecule has 1 N–H and O–H groups in total. The fourth-order valence-corrected chi connectivity index (χ4v) is 2.57. The van der Waals surface area contributed by atoms with E-state index in [1.807, 2.05) is 12.1 Å². The molecular formula is C19H20N2O6. The summed E-state index contributed by atoms with van der Waals surface area (Å²) in [5, 5.41) is 3.97. The standard InChI is InChI=1S/C19H20N2O6/c1-23-15-8-12(9-16(24-2)18(15)25-3)10-20-21-19(22)17-11-26-13-6-4-5-7-14(13)27-17/h4-10,17H,11H2,1-3H3,(H,21,22)/b20-10-/t17-/m1/s1. The van der Waals surface area contributed by atoms with E-state index in [2.05, 4.69) is 10.5 Å². The van der Waals surface area contributed by atoms with Gasteiger partial charge in [-0.25, -0.2) is 5.43 Å². The minimum Gasteiger partial charge on any atom is -0.493 e. The average Bonchev–Trinajstić information content (AvgIpc) is 2.72. The number of ether oxygens (including phenoxy) is 5. The zero-order valence-corrected chi connectivity index (χ0v) is 15.2. The molecule has 1 atom stereocenters. The van der Waals surface area contributed by atoms with Gasteiger partial charge in [0.2, 0.25) is 11.9 Å². The second-order valence-electron chi connectivity index (χ2n) is 5.56. The number of benzene rings is 2. The molecule has 0 bridgehead atoms. The molecule has 1 heterocycles. The Hall–Kier alpha value is -3.42. The Morgan fingerprint density at radius 1 is 1.11 bits per heavy atom. The van der Waals surface area contributed by atoms with Crippen LogP contribution in [-0.2, 0) is 4.79 Å². The molecule has 1 aliphatic rings. The number of para-hydroxylation sites is 2. The Bertz CT molecular complexity index is 827. The normalized spacial score (nSPS) is 15.3. The molecule has 0 fully saturated rings. The van der Waals surface area contributed by atoms with Crippen LogP contribution in [0.5, 0.6) is 28.7 Å². The van der Waals surface area contributed by atoms with Crippen molar-refractivity contribution in [3.8, 4) is 28.7 Å². The van der Waals surface area contributed by atoms with Gasteiger partial charge in [-0.3, -0.25) is 4.79 Å². The van der Waals surface area contributed by atoms with Gasteiger partial charge < -0.3 is 23.7 Å². The van der Waals surface area contributed by atoms with Gasteiger partial charge in [0.05, 0.1) is 27.5 Å². The van der Waals surface area contributed by atoms with Crippen LogP contribution in [0, 0.1) is 0 Å². The van der Waals surface area contributed by atoms with Crippen molar-refractivity contribution in [3.63, 3.8) is 0 Å². The maximum atomic E-state index is 12.2. The maximum Gasteiger partial charge on any atom is 0.284 e. The highest BCUT2D eigenvalue weighted by molar-refractivity contribution is 5.86. The summed E-state index contributed by atoms with van der Waals surface area (Å²) in [7, 11) is 4.58. The Kier molecular flexibility index (Phi) is 5.65. The zero-order chi connectivity index (χ0) is 19.2. The van der Waals surface area contributed by atoms with Crippen molar-refractivity contribution in [1.82, 2.24) is 5.43 Å². The van der Waals surface area contributed by atoms with E-state index in [4.69, 9.17) is 23.7 Å². The summed E-state index contributed by atoms with van der Waals surface area (Å²) in [4.78, 5) is 12.2. The number of fused-ring (bicyclic) bond motifs is 1. The fraction of sp³-hybridized carbons (Fsp3) is 0.263. The van der Waals surface area contributed by atoms with Gasteiger partial charge in [-0.2, -0.15) is 5.10 Å². The van der Waals surface area contributed by atoms with Gasteiger partial charge in [-0.1, -0.05) is 12.1 Å². The Balaban J connectivity index is 1.66. The first-order chi connectivity index (χ1) is 13.2. The summed E-state index contributed by atoms with van der Waals surface area (Å²) in [6, 6.07) is 10.6. The van der Waals surface area contributed by atoms with Crippen LogP contribution in [0.25, 0.3) is 0 Å². The van der Waals surface area contributed by atoms with Crippen LogP contribution in [0.3, 0.4) is 0 Å². The first-order valence-electron chi connectivity index (χ1n) is 8.17. The summed E-state index contributed by atoms with van der Waals surface area (Å²) in [5.41, 5.74) is 3.11. The molecule has 0 saturated carbocycles. The third kappa shape index (κ3) is 4.05. The minimum absolute atomic E-state index is 0.114. The summed E-state index contributed by atoms with van der Waals surface area (Å²) in [6.07, 6.45) is 0.692. The zero-order valence-electron chi connectivity index (χ0n) is 15.2. The van der Waals surface area contributed by atoms with Crippen LogP contribution in [0.15, 0.2) is 41.5 Å². The first kappa shape index (κ1) is 18.4. The maximum absolute atomic E-state index is 12.2. The van der Waals surface area contributed by atoms with Crippen molar-refractivity contribution >= 4 is 12.1 Å². The first-order valence-corrected chi connectivity index (χ1v) is 8.17. The lowest BCUT2D eigenvalue weighted by molar-refractivity contribution is -0.130. The molecule has 0 radical (unpaired) electrons. The van der Waals surface area contributed by atoms with Gasteiger partial charge in [0.15, 0.2) is 23.0 Å². The van der Waals surface area contributed by atoms with Crippen molar-refractivity contribution < 1.29 is 28.5 Å². The molecule has 0 unspecified atom stereocenters. The Labute approximate surface area is 156 Å². The quantitative estimate of drug-likeness (QED) is 0.616. The number of nitrogens with one attached hydrogen (secondary N) is 1. The molecular weight excluding hydrogens is 352 g/mol. The van der Waals surface area contributed by atoms with Crippen molar-refractivity contribution in [2.24, 2.45) is 5.10 Å². The summed E-state index contributed by atoms with van der Waals surface area (Å²) >= 11 is 0. The predicted octanol–water partition coefficient (Wildman–Crippen LogP) is 2.00. The molecule has 0 aromatic heterocycles. The SMILES string of the molecule is COc1cc(/C=N\NC(=O)[C@H]2COc3ccccc3O2)cc(OC)c1OC. The monoisotopic (exact) mass is 372 g/mol. The van der Waals surface area contributed by atoms with E-state index in [0.717, 1.165) is 0 Å². The second kappa shape index (κ2) is 8.31. The van der Waals surface area contributed by atoms with Crippen LogP contribution in [-0.4, -0.2) is 46.2 Å². The topological polar surface area (TPSA) is 87.6 Å². The van der Waals surface area contributed by atoms with Crippen molar-refractivity contribution in [3.05, 3.63) is 42.0 Å². The van der Waals surface area contributed by atoms with E-state index >= 15 is 0 Å². The lowest BCUT2D eigenvalue weighted by Gasteiger charge is -2.24. The highest BCUT2D eigenvalue weighted by Gasteiger charge is 2.27. The van der Waals surface area contributed by atoms with E-state index in [0.29, 0.717) is 34.3 Å². The van der Waals surface area contributed by atoms with E-state index < -0.39 is 12.0 Å². The molecule has 0 aliphatic carbocycles. The van der Waals surface area contributed by atoms with E-state index in [-0.39, 0.29) is 6.61 Å². The number of carbonyl (C=O) groups excluding carboxylic acids is 1. The average molecular weight is 372 g/mol. The lowest BCUT2D eigenvalue weighted by Crippen LogP contribution is -2.42. The van der Waals surface area contributed by atoms with Crippen LogP contribution < -0.4 is 29.1 Å². The number of amides is 1. The molecule has 0 spiro atoms. The van der Waals surface area contributed by atoms with Gasteiger partial charge in [0, 0.05) is 5.56 Å². The van der Waals surface area contributed by atoms with E-state index in [9.17, 15) is 4.79 Å². The van der Waals surface area contributed by atoms with Gasteiger partial charge in [0.1, 0.15) is 6.61 Å². The predicted molar refractivity (Wildman–Crippen MR) is 98.2 cm³/mol. The number of hydrazone groups is 1. The number of rotatable bonds is 6. The number of methoxy groups -OCH3 is 3. The van der Waals surface area contributed by atoms with Crippen molar-refractivity contribution in [1.29, 1.82) is 0 Å². The molecule has 1 amide bonds. The Morgan fingerprint density at radius 3 is 2.41 bits per heavy atom. The summed E-state index contributed by atoms with van der Waals surface area (Å²) < 4.78 is 27.0. The molecule has 2 aromatic rings. The van der Waals surface area contributed by atoms with Crippen LogP contribution in [0.4, 0.5) is 0 Å². The molecule has 1 aliphatic heterocycles. The van der Waals surface area contributed by atoms with Crippen LogP contribution in [0.2, 0.25) is 0 Å². The molecule has 0 saturated heterocycles. The fourth-order valence-electron chi connectivity index (χ4n) is 2.57. The largest absolute Gasteiger partial charge is 0.493 e. The van der Waals surface area contributed by atoms with Gasteiger partial charge in [-0.15, -0.1) is 0 Å². The number of carbonyl (C=O) groups is 1. The third-order valence-electron chi connectivity index (χ3n) is 3.88. The highest BCUT2D eigenvalue weighted by atomic mass is 16.6. The van der Waals surface area contributed by atoms with Crippen LogP contribution in [0.1, 0.15) is 5.56 Å². The second-order valence-corrected chi connectivity index (χ2v) is 5.56. The molecule has 27 heavy (non-hydrogen) atoms. The van der Waals surface area contributed by atoms with Crippen molar-refractivity contribution in [2.45, 2.75) is 6.10 Å². The number of nitrogens with zero attached hydrogens (tertiary/aromatic N) is 1. The van der Waals surface area contributed by atoms with Gasteiger partial charge in [-0.05, 0) is 24.3 Å². The smallest absolute Gasteiger partial charge is 0.284 e. The molecule has 8 heteroatoms. The molecule has 8 nitrogen and oxygen atoms in total. The van der Waals surface area contributed by atoms with Gasteiger partial charge >= 0.3 is 0 Å². The highest BCUT2D eigenvalue weighted by Crippen LogP contribution is 2.37. The van der Waals surface area contributed by atoms with E-state index in [1.165, 1.54) is 27.5 Å². The summed E-state index contributed by atoms with van der Waals surface area (Å²) in [5.74, 6) is 2.19. The Morgan fingerprint density at radius 2 is 1.78 bits per heavy atom. The lowest BCUT2D eigenvalue weighted by atomic mass is 10.2. The minimum atomic E-state index is -0.781. The van der Waals surface area contributed by atoms with Crippen LogP contribution >= 0.6 is 0 Å². The molecule has 142 valence electrons. The molecule has 3 rings (SSSR count). The van der Waals surface area contributed by atoms with Gasteiger partial charge in [0.25, 0.3) is 5.91 Å². The molecule has 2 aromatic carbocycles. The van der Waals surface area contributed by atoms with E-state index in [1.54, 1.807) is 24.3 Å². The third-order valence-corrected chi connectivity index (χ3v) is 3.88. The number of hydrogen-bond acceptors (Lipinski definition) is 7.